The predicted molar refractivity (Wildman–Crippen MR) is 134 cm³/mol. The Hall–Kier alpha value is -1.78. The molecule has 2 aromatic rings. The third kappa shape index (κ3) is 9.92. The minimum absolute atomic E-state index is 0. The van der Waals surface area contributed by atoms with Crippen molar-refractivity contribution in [2.24, 2.45) is 4.99 Å². The molecule has 1 saturated heterocycles. The zero-order valence-corrected chi connectivity index (χ0v) is 20.7. The summed E-state index contributed by atoms with van der Waals surface area (Å²) >= 11 is 0. The fourth-order valence-electron chi connectivity index (χ4n) is 3.10. The molecule has 0 amide bonds. The van der Waals surface area contributed by atoms with Gasteiger partial charge in [-0.25, -0.2) is 0 Å². The number of rotatable bonds is 11. The second-order valence-electron chi connectivity index (χ2n) is 7.55. The maximum atomic E-state index is 5.71. The lowest BCUT2D eigenvalue weighted by Crippen LogP contribution is -2.33. The van der Waals surface area contributed by atoms with Crippen molar-refractivity contribution < 1.29 is 18.6 Å². The van der Waals surface area contributed by atoms with Crippen molar-refractivity contribution >= 4 is 35.6 Å². The number of nitrogens with one attached hydrogen (secondary N) is 2. The van der Waals surface area contributed by atoms with Crippen LogP contribution in [0.25, 0.3) is 0 Å². The molecule has 1 aliphatic heterocycles. The molecule has 1 aliphatic rings. The van der Waals surface area contributed by atoms with Gasteiger partial charge in [-0.15, -0.1) is 24.0 Å². The van der Waals surface area contributed by atoms with E-state index in [9.17, 15) is 0 Å². The van der Waals surface area contributed by atoms with E-state index in [1.165, 1.54) is 0 Å². The van der Waals surface area contributed by atoms with E-state index in [1.807, 2.05) is 50.2 Å². The van der Waals surface area contributed by atoms with Gasteiger partial charge in [0.15, 0.2) is 5.96 Å². The quantitative estimate of drug-likeness (QED) is 0.183. The van der Waals surface area contributed by atoms with Crippen molar-refractivity contribution in [3.63, 3.8) is 0 Å². The van der Waals surface area contributed by atoms with E-state index in [2.05, 4.69) is 10.6 Å². The van der Waals surface area contributed by atoms with Gasteiger partial charge in [-0.2, -0.15) is 0 Å². The van der Waals surface area contributed by atoms with E-state index >= 15 is 0 Å². The molecule has 3 rings (SSSR count). The van der Waals surface area contributed by atoms with Gasteiger partial charge in [0, 0.05) is 25.4 Å². The van der Waals surface area contributed by atoms with Crippen molar-refractivity contribution in [3.8, 4) is 5.75 Å². The van der Waals surface area contributed by atoms with Crippen molar-refractivity contribution in [1.82, 2.24) is 5.32 Å². The van der Waals surface area contributed by atoms with E-state index in [1.54, 1.807) is 6.26 Å². The lowest BCUT2D eigenvalue weighted by Gasteiger charge is -2.15. The van der Waals surface area contributed by atoms with Gasteiger partial charge in [-0.1, -0.05) is 0 Å². The molecule has 0 saturated carbocycles. The summed E-state index contributed by atoms with van der Waals surface area (Å²) in [5.74, 6) is 2.44. The van der Waals surface area contributed by atoms with Gasteiger partial charge in [0.05, 0.1) is 25.0 Å². The third-order valence-electron chi connectivity index (χ3n) is 4.55. The first kappa shape index (κ1) is 25.5. The molecule has 0 bridgehead atoms. The smallest absolute Gasteiger partial charge is 0.195 e. The number of hydrogen-bond acceptors (Lipinski definition) is 5. The van der Waals surface area contributed by atoms with E-state index < -0.39 is 0 Å². The zero-order chi connectivity index (χ0) is 21.0. The number of furan rings is 1. The molecule has 1 aromatic carbocycles. The van der Waals surface area contributed by atoms with Gasteiger partial charge in [0.2, 0.25) is 0 Å². The number of benzene rings is 1. The molecule has 7 nitrogen and oxygen atoms in total. The molecule has 0 aliphatic carbocycles. The largest absolute Gasteiger partial charge is 0.491 e. The molecule has 8 heteroatoms. The Bertz CT molecular complexity index is 745. The summed E-state index contributed by atoms with van der Waals surface area (Å²) in [6.07, 6.45) is 5.07. The summed E-state index contributed by atoms with van der Waals surface area (Å²) < 4.78 is 22.3. The Morgan fingerprint density at radius 3 is 2.74 bits per heavy atom. The number of nitrogens with zero attached hydrogens (tertiary/aromatic N) is 1. The second-order valence-corrected chi connectivity index (χ2v) is 7.55. The standard InChI is InChI=1S/C23H33N3O4.HI/c1-18(2)30-20-10-8-19(9-11-20)26-23(25-16-21-6-3-14-28-21)24-12-5-13-27-17-22-7-4-15-29-22;/h4,7-11,15,18,21H,3,5-6,12-14,16-17H2,1-2H3,(H2,24,25,26);1H. The molecule has 1 unspecified atom stereocenters. The summed E-state index contributed by atoms with van der Waals surface area (Å²) in [6.45, 7) is 7.42. The van der Waals surface area contributed by atoms with Crippen LogP contribution in [0, 0.1) is 0 Å². The van der Waals surface area contributed by atoms with Gasteiger partial charge in [0.1, 0.15) is 18.1 Å². The molecule has 1 fully saturated rings. The topological polar surface area (TPSA) is 77.2 Å². The number of hydrogen-bond donors (Lipinski definition) is 2. The highest BCUT2D eigenvalue weighted by molar-refractivity contribution is 14.0. The van der Waals surface area contributed by atoms with Crippen LogP contribution in [0.3, 0.4) is 0 Å². The Morgan fingerprint density at radius 2 is 2.06 bits per heavy atom. The van der Waals surface area contributed by atoms with Crippen molar-refractivity contribution in [2.75, 3.05) is 31.6 Å². The molecule has 1 aromatic heterocycles. The summed E-state index contributed by atoms with van der Waals surface area (Å²) in [7, 11) is 0. The number of ether oxygens (including phenoxy) is 3. The summed E-state index contributed by atoms with van der Waals surface area (Å²) in [4.78, 5) is 4.71. The molecule has 2 N–H and O–H groups in total. The first-order chi connectivity index (χ1) is 14.7. The van der Waals surface area contributed by atoms with Crippen LogP contribution in [-0.4, -0.2) is 44.5 Å². The summed E-state index contributed by atoms with van der Waals surface area (Å²) in [6, 6.07) is 11.7. The van der Waals surface area contributed by atoms with Crippen LogP contribution in [-0.2, 0) is 16.1 Å². The van der Waals surface area contributed by atoms with Crippen LogP contribution in [0.15, 0.2) is 52.1 Å². The SMILES string of the molecule is CC(C)Oc1ccc(NC(=NCC2CCCO2)NCCCOCc2ccco2)cc1.I. The Balaban J connectivity index is 0.00000341. The van der Waals surface area contributed by atoms with Gasteiger partial charge < -0.3 is 29.3 Å². The number of anilines is 1. The molecule has 2 heterocycles. The predicted octanol–water partition coefficient (Wildman–Crippen LogP) is 4.83. The molecule has 1 atom stereocenters. The van der Waals surface area contributed by atoms with Crippen molar-refractivity contribution in [3.05, 3.63) is 48.4 Å². The molecule has 0 spiro atoms. The number of guanidine groups is 1. The van der Waals surface area contributed by atoms with E-state index in [-0.39, 0.29) is 36.2 Å². The maximum absolute atomic E-state index is 5.71. The third-order valence-corrected chi connectivity index (χ3v) is 4.55. The fraction of sp³-hybridized carbons (Fsp3) is 0.522. The molecule has 31 heavy (non-hydrogen) atoms. The van der Waals surface area contributed by atoms with Crippen LogP contribution in [0.1, 0.15) is 38.9 Å². The maximum Gasteiger partial charge on any atom is 0.195 e. The van der Waals surface area contributed by atoms with E-state index in [0.29, 0.717) is 19.8 Å². The van der Waals surface area contributed by atoms with Crippen molar-refractivity contribution in [1.29, 1.82) is 0 Å². The van der Waals surface area contributed by atoms with E-state index in [4.69, 9.17) is 23.6 Å². The molecule has 172 valence electrons. The molecule has 0 radical (unpaired) electrons. The zero-order valence-electron chi connectivity index (χ0n) is 18.3. The van der Waals surface area contributed by atoms with Crippen LogP contribution in [0.5, 0.6) is 5.75 Å². The van der Waals surface area contributed by atoms with Crippen LogP contribution < -0.4 is 15.4 Å². The highest BCUT2D eigenvalue weighted by Crippen LogP contribution is 2.17. The molecular weight excluding hydrogens is 509 g/mol. The normalized spacial score (nSPS) is 16.2. The minimum atomic E-state index is 0. The van der Waals surface area contributed by atoms with Crippen molar-refractivity contribution in [2.45, 2.75) is 51.9 Å². The fourth-order valence-corrected chi connectivity index (χ4v) is 3.10. The van der Waals surface area contributed by atoms with Crippen LogP contribution >= 0.6 is 24.0 Å². The Kier molecular flexibility index (Phi) is 11.8. The van der Waals surface area contributed by atoms with Gasteiger partial charge in [0.25, 0.3) is 0 Å². The first-order valence-corrected chi connectivity index (χ1v) is 10.7. The highest BCUT2D eigenvalue weighted by atomic mass is 127. The lowest BCUT2D eigenvalue weighted by atomic mass is 10.2. The highest BCUT2D eigenvalue weighted by Gasteiger charge is 2.15. The van der Waals surface area contributed by atoms with Gasteiger partial charge >= 0.3 is 0 Å². The van der Waals surface area contributed by atoms with E-state index in [0.717, 1.165) is 55.6 Å². The minimum Gasteiger partial charge on any atom is -0.491 e. The Labute approximate surface area is 202 Å². The average molecular weight is 543 g/mol. The van der Waals surface area contributed by atoms with Gasteiger partial charge in [-0.3, -0.25) is 4.99 Å². The lowest BCUT2D eigenvalue weighted by molar-refractivity contribution is 0.105. The molecular formula is C23H34IN3O4. The summed E-state index contributed by atoms with van der Waals surface area (Å²) in [5.41, 5.74) is 0.957. The Morgan fingerprint density at radius 1 is 1.23 bits per heavy atom. The average Bonchev–Trinajstić information content (AvgIpc) is 3.43. The monoisotopic (exact) mass is 543 g/mol. The number of halogens is 1. The second kappa shape index (κ2) is 14.3. The number of aliphatic imine (C=N–C) groups is 1. The van der Waals surface area contributed by atoms with Gasteiger partial charge in [-0.05, 0) is 69.5 Å². The van der Waals surface area contributed by atoms with Crippen LogP contribution in [0.2, 0.25) is 0 Å². The first-order valence-electron chi connectivity index (χ1n) is 10.7. The van der Waals surface area contributed by atoms with Crippen LogP contribution in [0.4, 0.5) is 5.69 Å². The summed E-state index contributed by atoms with van der Waals surface area (Å²) in [5, 5.41) is 6.75.